The molecule has 0 atom stereocenters. The highest BCUT2D eigenvalue weighted by Crippen LogP contribution is 2.25. The number of hydrogen-bond acceptors (Lipinski definition) is 5. The minimum absolute atomic E-state index is 0.103. The molecule has 0 radical (unpaired) electrons. The average Bonchev–Trinajstić information content (AvgIpc) is 3.15. The number of carbonyl (C=O) groups excluding carboxylic acids is 1. The zero-order valence-electron chi connectivity index (χ0n) is 16.4. The molecule has 3 aromatic rings. The predicted molar refractivity (Wildman–Crippen MR) is 108 cm³/mol. The maximum atomic E-state index is 13.2. The molecular formula is C21H26N6O. The van der Waals surface area contributed by atoms with Gasteiger partial charge in [-0.15, -0.1) is 5.10 Å². The van der Waals surface area contributed by atoms with Crippen LogP contribution in [-0.2, 0) is 13.1 Å². The lowest BCUT2D eigenvalue weighted by molar-refractivity contribution is 0.0683. The lowest BCUT2D eigenvalue weighted by Gasteiger charge is -2.32. The molecular weight excluding hydrogens is 352 g/mol. The zero-order valence-corrected chi connectivity index (χ0v) is 16.4. The van der Waals surface area contributed by atoms with Gasteiger partial charge in [0.25, 0.3) is 5.91 Å². The fourth-order valence-electron chi connectivity index (χ4n) is 3.92. The number of rotatable bonds is 4. The molecule has 0 unspecified atom stereocenters. The zero-order chi connectivity index (χ0) is 19.7. The number of fused-ring (bicyclic) bond motifs is 1. The third-order valence-electron chi connectivity index (χ3n) is 5.46. The van der Waals surface area contributed by atoms with Crippen LogP contribution >= 0.6 is 0 Å². The van der Waals surface area contributed by atoms with Gasteiger partial charge in [0.05, 0.1) is 16.8 Å². The molecule has 1 amide bonds. The minimum atomic E-state index is 0.103. The smallest absolute Gasteiger partial charge is 0.254 e. The fourth-order valence-corrected chi connectivity index (χ4v) is 3.92. The second kappa shape index (κ2) is 7.67. The summed E-state index contributed by atoms with van der Waals surface area (Å²) in [6.45, 7) is 6.74. The SMILES string of the molecule is Cc1ccc2nc(C)cc(C(=O)N3CCC(Cn4cc(CN)nn4)CC3)c2c1. The number of nitrogens with two attached hydrogens (primary N) is 1. The molecule has 0 bridgehead atoms. The lowest BCUT2D eigenvalue weighted by atomic mass is 9.95. The molecule has 28 heavy (non-hydrogen) atoms. The summed E-state index contributed by atoms with van der Waals surface area (Å²) in [5.41, 5.74) is 10.1. The molecule has 7 heteroatoms. The summed E-state index contributed by atoms with van der Waals surface area (Å²) in [6.07, 6.45) is 3.83. The van der Waals surface area contributed by atoms with Crippen LogP contribution in [0.25, 0.3) is 10.9 Å². The van der Waals surface area contributed by atoms with Crippen molar-refractivity contribution in [2.45, 2.75) is 39.8 Å². The fraction of sp³-hybridized carbons (Fsp3) is 0.429. The number of benzene rings is 1. The second-order valence-electron chi connectivity index (χ2n) is 7.70. The van der Waals surface area contributed by atoms with Gasteiger partial charge in [0.15, 0.2) is 0 Å². The molecule has 0 spiro atoms. The molecule has 3 heterocycles. The van der Waals surface area contributed by atoms with E-state index in [-0.39, 0.29) is 5.91 Å². The van der Waals surface area contributed by atoms with E-state index >= 15 is 0 Å². The van der Waals surface area contributed by atoms with Gasteiger partial charge in [0, 0.05) is 43.5 Å². The van der Waals surface area contributed by atoms with Gasteiger partial charge in [0.2, 0.25) is 0 Å². The summed E-state index contributed by atoms with van der Waals surface area (Å²) in [4.78, 5) is 19.8. The van der Waals surface area contributed by atoms with Crippen molar-refractivity contribution >= 4 is 16.8 Å². The Bertz CT molecular complexity index is 1000. The van der Waals surface area contributed by atoms with Gasteiger partial charge >= 0.3 is 0 Å². The maximum Gasteiger partial charge on any atom is 0.254 e. The quantitative estimate of drug-likeness (QED) is 0.753. The van der Waals surface area contributed by atoms with Crippen LogP contribution in [0.1, 0.15) is 40.2 Å². The monoisotopic (exact) mass is 378 g/mol. The van der Waals surface area contributed by atoms with Gasteiger partial charge in [-0.05, 0) is 50.8 Å². The van der Waals surface area contributed by atoms with Crippen LogP contribution in [0.5, 0.6) is 0 Å². The first-order valence-corrected chi connectivity index (χ1v) is 9.80. The molecule has 1 aliphatic heterocycles. The van der Waals surface area contributed by atoms with Crippen molar-refractivity contribution in [1.82, 2.24) is 24.9 Å². The maximum absolute atomic E-state index is 13.2. The molecule has 1 aromatic carbocycles. The first kappa shape index (κ1) is 18.6. The van der Waals surface area contributed by atoms with Crippen molar-refractivity contribution in [3.05, 3.63) is 53.0 Å². The average molecular weight is 378 g/mol. The standard InChI is InChI=1S/C21H26N6O/c1-14-3-4-20-18(9-14)19(10-15(2)23-20)21(28)26-7-5-16(6-8-26)12-27-13-17(11-22)24-25-27/h3-4,9-10,13,16H,5-8,11-12,22H2,1-2H3. The Morgan fingerprint density at radius 2 is 2.00 bits per heavy atom. The van der Waals surface area contributed by atoms with Crippen LogP contribution in [0, 0.1) is 19.8 Å². The highest BCUT2D eigenvalue weighted by molar-refractivity contribution is 6.06. The van der Waals surface area contributed by atoms with E-state index in [1.165, 1.54) is 0 Å². The van der Waals surface area contributed by atoms with E-state index in [4.69, 9.17) is 5.73 Å². The Labute approximate surface area is 164 Å². The van der Waals surface area contributed by atoms with Crippen LogP contribution in [-0.4, -0.2) is 43.9 Å². The Morgan fingerprint density at radius 1 is 1.21 bits per heavy atom. The number of likely N-dealkylation sites (tertiary alicyclic amines) is 1. The van der Waals surface area contributed by atoms with Gasteiger partial charge in [-0.1, -0.05) is 16.8 Å². The summed E-state index contributed by atoms with van der Waals surface area (Å²) >= 11 is 0. The Morgan fingerprint density at radius 3 is 2.71 bits per heavy atom. The van der Waals surface area contributed by atoms with Crippen molar-refractivity contribution in [1.29, 1.82) is 0 Å². The molecule has 4 rings (SSSR count). The van der Waals surface area contributed by atoms with E-state index in [1.54, 1.807) is 0 Å². The first-order valence-electron chi connectivity index (χ1n) is 9.80. The summed E-state index contributed by atoms with van der Waals surface area (Å²) < 4.78 is 1.87. The Hall–Kier alpha value is -2.80. The number of amides is 1. The highest BCUT2D eigenvalue weighted by atomic mass is 16.2. The van der Waals surface area contributed by atoms with E-state index in [9.17, 15) is 4.79 Å². The van der Waals surface area contributed by atoms with E-state index in [0.29, 0.717) is 12.5 Å². The summed E-state index contributed by atoms with van der Waals surface area (Å²) in [5, 5.41) is 9.12. The Kier molecular flexibility index (Phi) is 5.09. The molecule has 0 aliphatic carbocycles. The topological polar surface area (TPSA) is 89.9 Å². The first-order chi connectivity index (χ1) is 13.5. The summed E-state index contributed by atoms with van der Waals surface area (Å²) in [5.74, 6) is 0.597. The molecule has 2 N–H and O–H groups in total. The van der Waals surface area contributed by atoms with Gasteiger partial charge < -0.3 is 10.6 Å². The number of carbonyl (C=O) groups is 1. The van der Waals surface area contributed by atoms with Gasteiger partial charge in [0.1, 0.15) is 0 Å². The molecule has 0 saturated carbocycles. The van der Waals surface area contributed by atoms with Crippen molar-refractivity contribution in [2.24, 2.45) is 11.7 Å². The molecule has 1 aliphatic rings. The predicted octanol–water partition coefficient (Wildman–Crippen LogP) is 2.45. The van der Waals surface area contributed by atoms with Gasteiger partial charge in [-0.2, -0.15) is 0 Å². The third-order valence-corrected chi connectivity index (χ3v) is 5.46. The number of hydrogen-bond donors (Lipinski definition) is 1. The van der Waals surface area contributed by atoms with Crippen molar-refractivity contribution in [3.8, 4) is 0 Å². The Balaban J connectivity index is 1.47. The molecule has 7 nitrogen and oxygen atoms in total. The van der Waals surface area contributed by atoms with Gasteiger partial charge in [-0.3, -0.25) is 14.5 Å². The summed E-state index contributed by atoms with van der Waals surface area (Å²) in [6, 6.07) is 8.00. The van der Waals surface area contributed by atoms with E-state index in [2.05, 4.69) is 21.4 Å². The van der Waals surface area contributed by atoms with E-state index in [1.807, 2.05) is 47.8 Å². The van der Waals surface area contributed by atoms with Crippen LogP contribution in [0.15, 0.2) is 30.5 Å². The third kappa shape index (κ3) is 3.75. The van der Waals surface area contributed by atoms with E-state index in [0.717, 1.165) is 65.9 Å². The molecule has 2 aromatic heterocycles. The number of pyridine rings is 1. The van der Waals surface area contributed by atoms with E-state index < -0.39 is 0 Å². The summed E-state index contributed by atoms with van der Waals surface area (Å²) in [7, 11) is 0. The largest absolute Gasteiger partial charge is 0.339 e. The number of nitrogens with zero attached hydrogens (tertiary/aromatic N) is 5. The normalized spacial score (nSPS) is 15.3. The minimum Gasteiger partial charge on any atom is -0.339 e. The highest BCUT2D eigenvalue weighted by Gasteiger charge is 2.25. The number of aryl methyl sites for hydroxylation is 2. The van der Waals surface area contributed by atoms with Crippen molar-refractivity contribution < 1.29 is 4.79 Å². The number of piperidine rings is 1. The van der Waals surface area contributed by atoms with Crippen LogP contribution in [0.3, 0.4) is 0 Å². The molecule has 1 fully saturated rings. The molecule has 1 saturated heterocycles. The number of aromatic nitrogens is 4. The lowest BCUT2D eigenvalue weighted by Crippen LogP contribution is -2.39. The van der Waals surface area contributed by atoms with Crippen molar-refractivity contribution in [3.63, 3.8) is 0 Å². The second-order valence-corrected chi connectivity index (χ2v) is 7.70. The van der Waals surface area contributed by atoms with Crippen LogP contribution in [0.2, 0.25) is 0 Å². The molecule has 146 valence electrons. The van der Waals surface area contributed by atoms with Crippen LogP contribution in [0.4, 0.5) is 0 Å². The van der Waals surface area contributed by atoms with Crippen LogP contribution < -0.4 is 5.73 Å². The van der Waals surface area contributed by atoms with Crippen molar-refractivity contribution in [2.75, 3.05) is 13.1 Å². The van der Waals surface area contributed by atoms with Gasteiger partial charge in [-0.25, -0.2) is 0 Å².